The van der Waals surface area contributed by atoms with E-state index in [-0.39, 0.29) is 10.9 Å². The van der Waals surface area contributed by atoms with Crippen LogP contribution in [0.1, 0.15) is 25.5 Å². The van der Waals surface area contributed by atoms with Crippen molar-refractivity contribution in [3.63, 3.8) is 0 Å². The quantitative estimate of drug-likeness (QED) is 0.599. The van der Waals surface area contributed by atoms with Gasteiger partial charge in [-0.05, 0) is 66.8 Å². The van der Waals surface area contributed by atoms with Crippen molar-refractivity contribution < 1.29 is 18.2 Å². The van der Waals surface area contributed by atoms with Crippen molar-refractivity contribution in [1.82, 2.24) is 4.98 Å². The maximum absolute atomic E-state index is 13.9. The molecule has 0 radical (unpaired) electrons. The number of nitrogens with one attached hydrogen (secondary N) is 2. The summed E-state index contributed by atoms with van der Waals surface area (Å²) in [7, 11) is -2.50. The van der Waals surface area contributed by atoms with Crippen molar-refractivity contribution in [3.05, 3.63) is 88.8 Å². The summed E-state index contributed by atoms with van der Waals surface area (Å²) in [6.07, 6.45) is 15.0. The molecule has 3 heterocycles. The Kier molecular flexibility index (Phi) is 6.50. The number of allylic oxidation sites excluding steroid dienone is 6. The molecule has 154 valence electrons. The normalized spacial score (nSPS) is 22.6. The molecule has 7 heteroatoms. The molecule has 0 bridgehead atoms. The summed E-state index contributed by atoms with van der Waals surface area (Å²) in [5, 5.41) is 2.02. The Balaban J connectivity index is 1.48. The van der Waals surface area contributed by atoms with Gasteiger partial charge < -0.3 is 9.72 Å². The van der Waals surface area contributed by atoms with Gasteiger partial charge in [0.1, 0.15) is 11.7 Å². The number of thiophene rings is 1. The van der Waals surface area contributed by atoms with Gasteiger partial charge in [0.15, 0.2) is 0 Å². The summed E-state index contributed by atoms with van der Waals surface area (Å²) in [5.74, 6) is 0.980. The van der Waals surface area contributed by atoms with E-state index in [4.69, 9.17) is 4.74 Å². The lowest BCUT2D eigenvalue weighted by molar-refractivity contribution is -0.762. The van der Waals surface area contributed by atoms with Gasteiger partial charge in [0.05, 0.1) is 22.9 Å². The van der Waals surface area contributed by atoms with Crippen LogP contribution in [0, 0.1) is 0 Å². The molecule has 0 saturated carbocycles. The molecule has 1 aliphatic heterocycles. The Morgan fingerprint density at radius 3 is 2.87 bits per heavy atom. The van der Waals surface area contributed by atoms with Crippen LogP contribution in [0.25, 0.3) is 16.6 Å². The molecule has 0 aromatic carbocycles. The van der Waals surface area contributed by atoms with Gasteiger partial charge in [-0.3, -0.25) is 4.81 Å². The Hall–Kier alpha value is -2.64. The molecule has 0 fully saturated rings. The Morgan fingerprint density at radius 2 is 2.17 bits per heavy atom. The van der Waals surface area contributed by atoms with Crippen molar-refractivity contribution in [3.8, 4) is 10.6 Å². The number of quaternary nitrogens is 1. The van der Waals surface area contributed by atoms with Crippen LogP contribution in [-0.4, -0.2) is 25.0 Å². The fourth-order valence-corrected chi connectivity index (χ4v) is 4.42. The van der Waals surface area contributed by atoms with Gasteiger partial charge in [0.2, 0.25) is 0 Å². The second-order valence-corrected chi connectivity index (χ2v) is 8.16. The van der Waals surface area contributed by atoms with Crippen molar-refractivity contribution in [2.75, 3.05) is 6.61 Å². The number of aromatic amines is 1. The van der Waals surface area contributed by atoms with Gasteiger partial charge in [-0.2, -0.15) is 0 Å². The first-order valence-corrected chi connectivity index (χ1v) is 11.0. The smallest absolute Gasteiger partial charge is 0.498 e. The molecule has 3 nitrogen and oxygen atoms in total. The van der Waals surface area contributed by atoms with Crippen LogP contribution in [0.5, 0.6) is 0 Å². The molecule has 2 unspecified atom stereocenters. The van der Waals surface area contributed by atoms with E-state index in [1.807, 2.05) is 66.9 Å². The average Bonchev–Trinajstić information content (AvgIpc) is 3.49. The second kappa shape index (κ2) is 9.45. The summed E-state index contributed by atoms with van der Waals surface area (Å²) in [4.78, 5) is 4.59. The topological polar surface area (TPSA) is 29.5 Å². The summed E-state index contributed by atoms with van der Waals surface area (Å²) >= 11 is 1.64. The minimum absolute atomic E-state index is 0.153. The minimum atomic E-state index is -2.50. The monoisotopic (exact) mass is 425 g/mol. The molecule has 2 aromatic heterocycles. The van der Waals surface area contributed by atoms with Crippen LogP contribution >= 0.6 is 11.3 Å². The lowest BCUT2D eigenvalue weighted by atomic mass is 10.0. The molecule has 4 rings (SSSR count). The minimum Gasteiger partial charge on any atom is -0.498 e. The standard InChI is InChI=1S/C23H23BF2N2OS/c1-2-29-21-12-6-17(7-13-21)5-9-19-10-11-20(28(19)24(25)26)16-18-8-14-22(27-18)23-4-3-15-30-23/h3-6,8-12,14-16,19,27H,2,7,13H2,1H3/p+1/b9-5+,20-16-. The second-order valence-electron chi connectivity index (χ2n) is 7.21. The zero-order valence-electron chi connectivity index (χ0n) is 16.8. The zero-order chi connectivity index (χ0) is 20.9. The molecule has 0 spiro atoms. The van der Waals surface area contributed by atoms with Crippen LogP contribution < -0.4 is 4.81 Å². The third kappa shape index (κ3) is 4.74. The van der Waals surface area contributed by atoms with Gasteiger partial charge in [-0.15, -0.1) is 11.3 Å². The van der Waals surface area contributed by atoms with Gasteiger partial charge in [-0.1, -0.05) is 18.2 Å². The van der Waals surface area contributed by atoms with E-state index in [9.17, 15) is 8.63 Å². The van der Waals surface area contributed by atoms with Crippen LogP contribution in [-0.2, 0) is 4.74 Å². The van der Waals surface area contributed by atoms with Crippen molar-refractivity contribution >= 4 is 24.8 Å². The molecular formula is C23H24BF2N2OS+. The van der Waals surface area contributed by atoms with Gasteiger partial charge in [0, 0.05) is 18.2 Å². The lowest BCUT2D eigenvalue weighted by Gasteiger charge is -2.17. The van der Waals surface area contributed by atoms with Crippen molar-refractivity contribution in [1.29, 1.82) is 0 Å². The van der Waals surface area contributed by atoms with Gasteiger partial charge in [-0.25, -0.2) is 8.63 Å². The first-order valence-electron chi connectivity index (χ1n) is 10.1. The van der Waals surface area contributed by atoms with E-state index in [0.717, 1.165) is 40.4 Å². The van der Waals surface area contributed by atoms with Crippen LogP contribution in [0.15, 0.2) is 83.1 Å². The van der Waals surface area contributed by atoms with E-state index in [1.165, 1.54) is 0 Å². The fraction of sp³-hybridized carbons (Fsp3) is 0.217. The highest BCUT2D eigenvalue weighted by atomic mass is 32.1. The highest BCUT2D eigenvalue weighted by Gasteiger charge is 2.42. The number of rotatable bonds is 7. The van der Waals surface area contributed by atoms with E-state index >= 15 is 0 Å². The van der Waals surface area contributed by atoms with Gasteiger partial charge >= 0.3 is 7.40 Å². The molecule has 30 heavy (non-hydrogen) atoms. The molecule has 0 amide bonds. The number of hydrogen-bond donors (Lipinski definition) is 2. The van der Waals surface area contributed by atoms with Gasteiger partial charge in [0.25, 0.3) is 0 Å². The number of ether oxygens (including phenoxy) is 1. The third-order valence-corrected chi connectivity index (χ3v) is 6.11. The zero-order valence-corrected chi connectivity index (χ0v) is 17.6. The van der Waals surface area contributed by atoms with E-state index in [1.54, 1.807) is 23.5 Å². The Bertz CT molecular complexity index is 1020. The number of H-pyrrole nitrogens is 1. The summed E-state index contributed by atoms with van der Waals surface area (Å²) in [5.41, 5.74) is 3.53. The predicted octanol–water partition coefficient (Wildman–Crippen LogP) is 5.03. The summed E-state index contributed by atoms with van der Waals surface area (Å²) < 4.78 is 33.3. The summed E-state index contributed by atoms with van der Waals surface area (Å²) in [6.45, 7) is 2.63. The molecule has 2 atom stereocenters. The SMILES string of the molecule is CCOC1=CC=C(/C=C/C2C=C/C(=C/c3ccc(-c4cccs4)[nH]3)[NH+]2B(F)F)CC1. The van der Waals surface area contributed by atoms with Crippen LogP contribution in [0.2, 0.25) is 0 Å². The molecule has 2 aromatic rings. The summed E-state index contributed by atoms with van der Waals surface area (Å²) in [6, 6.07) is 7.55. The molecule has 2 aliphatic rings. The fourth-order valence-electron chi connectivity index (χ4n) is 3.72. The highest BCUT2D eigenvalue weighted by molar-refractivity contribution is 7.13. The van der Waals surface area contributed by atoms with E-state index < -0.39 is 7.40 Å². The van der Waals surface area contributed by atoms with Crippen molar-refractivity contribution in [2.45, 2.75) is 25.8 Å². The third-order valence-electron chi connectivity index (χ3n) is 5.21. The first kappa shape index (κ1) is 20.6. The number of halogens is 2. The molecule has 1 aliphatic carbocycles. The number of hydrogen-bond acceptors (Lipinski definition) is 2. The predicted molar refractivity (Wildman–Crippen MR) is 120 cm³/mol. The first-order chi connectivity index (χ1) is 14.6. The largest absolute Gasteiger partial charge is 0.847 e. The van der Waals surface area contributed by atoms with Crippen LogP contribution in [0.4, 0.5) is 8.63 Å². The molecule has 2 N–H and O–H groups in total. The number of aromatic nitrogens is 1. The lowest BCUT2D eigenvalue weighted by Crippen LogP contribution is -3.16. The van der Waals surface area contributed by atoms with E-state index in [2.05, 4.69) is 4.98 Å². The molecular weight excluding hydrogens is 401 g/mol. The Morgan fingerprint density at radius 1 is 1.27 bits per heavy atom. The average molecular weight is 425 g/mol. The maximum atomic E-state index is 13.9. The maximum Gasteiger partial charge on any atom is 0.847 e. The van der Waals surface area contributed by atoms with E-state index in [0.29, 0.717) is 12.3 Å². The van der Waals surface area contributed by atoms with Crippen molar-refractivity contribution in [2.24, 2.45) is 0 Å². The van der Waals surface area contributed by atoms with Crippen LogP contribution in [0.3, 0.4) is 0 Å². The highest BCUT2D eigenvalue weighted by Crippen LogP contribution is 2.24. The Labute approximate surface area is 180 Å². The molecule has 0 saturated heterocycles.